The van der Waals surface area contributed by atoms with Gasteiger partial charge in [0, 0.05) is 51.7 Å². The molecule has 1 saturated carbocycles. The van der Waals surface area contributed by atoms with Gasteiger partial charge in [-0.05, 0) is 49.9 Å². The van der Waals surface area contributed by atoms with Crippen molar-refractivity contribution in [1.29, 1.82) is 0 Å². The van der Waals surface area contributed by atoms with Crippen molar-refractivity contribution in [3.05, 3.63) is 59.9 Å². The first-order valence-corrected chi connectivity index (χ1v) is 12.4. The second-order valence-corrected chi connectivity index (χ2v) is 9.67. The number of hydrogen-bond donors (Lipinski definition) is 0. The van der Waals surface area contributed by atoms with E-state index in [0.717, 1.165) is 61.4 Å². The number of anilines is 2. The lowest BCUT2D eigenvalue weighted by molar-refractivity contribution is 0.0746. The molecule has 0 unspecified atom stereocenters. The first kappa shape index (κ1) is 21.8. The minimum Gasteiger partial charge on any atom is -0.368 e. The molecule has 2 aromatic heterocycles. The standard InChI is InChI=1S/C27H35N5O/c1-21-26(29(2)19-22-9-5-3-6-10-22)32-20-23(13-14-25(32)28-21)27(33)31-17-15-30(16-18-31)24-11-7-4-8-12-24/h4,7-8,11-14,20,22H,3,5-6,9-10,15-19H2,1-2H3. The number of aromatic nitrogens is 2. The summed E-state index contributed by atoms with van der Waals surface area (Å²) in [5, 5.41) is 0. The zero-order valence-electron chi connectivity index (χ0n) is 19.9. The van der Waals surface area contributed by atoms with E-state index in [2.05, 4.69) is 52.4 Å². The molecule has 0 spiro atoms. The number of carbonyl (C=O) groups is 1. The Bertz CT molecular complexity index is 1090. The third-order valence-corrected chi connectivity index (χ3v) is 7.31. The Morgan fingerprint density at radius 2 is 1.73 bits per heavy atom. The molecule has 33 heavy (non-hydrogen) atoms. The van der Waals surface area contributed by atoms with Gasteiger partial charge in [-0.1, -0.05) is 37.5 Å². The number of imidazole rings is 1. The smallest absolute Gasteiger partial charge is 0.255 e. The molecule has 0 radical (unpaired) electrons. The molecule has 0 atom stereocenters. The predicted molar refractivity (Wildman–Crippen MR) is 134 cm³/mol. The van der Waals surface area contributed by atoms with E-state index in [9.17, 15) is 4.79 Å². The van der Waals surface area contributed by atoms with Crippen LogP contribution in [0.4, 0.5) is 11.5 Å². The van der Waals surface area contributed by atoms with Gasteiger partial charge in [0.15, 0.2) is 0 Å². The van der Waals surface area contributed by atoms with Crippen molar-refractivity contribution in [2.24, 2.45) is 5.92 Å². The quantitative estimate of drug-likeness (QED) is 0.575. The molecule has 1 saturated heterocycles. The molecule has 3 heterocycles. The maximum Gasteiger partial charge on any atom is 0.255 e. The molecule has 6 nitrogen and oxygen atoms in total. The van der Waals surface area contributed by atoms with Gasteiger partial charge in [-0.2, -0.15) is 0 Å². The number of para-hydroxylation sites is 1. The van der Waals surface area contributed by atoms with E-state index in [0.29, 0.717) is 0 Å². The summed E-state index contributed by atoms with van der Waals surface area (Å²) in [4.78, 5) is 24.8. The summed E-state index contributed by atoms with van der Waals surface area (Å²) in [6.07, 6.45) is 8.70. The topological polar surface area (TPSA) is 44.1 Å². The number of fused-ring (bicyclic) bond motifs is 1. The van der Waals surface area contributed by atoms with Crippen LogP contribution in [0.3, 0.4) is 0 Å². The van der Waals surface area contributed by atoms with Crippen molar-refractivity contribution >= 4 is 23.1 Å². The molecule has 1 aliphatic carbocycles. The van der Waals surface area contributed by atoms with Crippen molar-refractivity contribution in [3.8, 4) is 0 Å². The second kappa shape index (κ2) is 9.46. The summed E-state index contributed by atoms with van der Waals surface area (Å²) < 4.78 is 2.12. The number of pyridine rings is 1. The number of amides is 1. The third-order valence-electron chi connectivity index (χ3n) is 7.31. The normalized spacial score (nSPS) is 17.5. The Morgan fingerprint density at radius 1 is 1.00 bits per heavy atom. The fraction of sp³-hybridized carbons (Fsp3) is 0.481. The molecule has 5 rings (SSSR count). The number of rotatable bonds is 5. The van der Waals surface area contributed by atoms with Crippen LogP contribution < -0.4 is 9.80 Å². The molecule has 1 aliphatic heterocycles. The van der Waals surface area contributed by atoms with Crippen molar-refractivity contribution < 1.29 is 4.79 Å². The van der Waals surface area contributed by atoms with Gasteiger partial charge in [-0.15, -0.1) is 0 Å². The lowest BCUT2D eigenvalue weighted by atomic mass is 9.89. The van der Waals surface area contributed by atoms with E-state index in [1.807, 2.05) is 29.3 Å². The van der Waals surface area contributed by atoms with Crippen LogP contribution in [0.25, 0.3) is 5.65 Å². The minimum atomic E-state index is 0.108. The van der Waals surface area contributed by atoms with Crippen molar-refractivity contribution in [2.75, 3.05) is 49.6 Å². The van der Waals surface area contributed by atoms with E-state index in [1.165, 1.54) is 37.8 Å². The molecule has 0 N–H and O–H groups in total. The SMILES string of the molecule is Cc1nc2ccc(C(=O)N3CCN(c4ccccc4)CC3)cn2c1N(C)CC1CCCCC1. The Kier molecular flexibility index (Phi) is 6.25. The second-order valence-electron chi connectivity index (χ2n) is 9.67. The largest absolute Gasteiger partial charge is 0.368 e. The van der Waals surface area contributed by atoms with Crippen LogP contribution in [0.2, 0.25) is 0 Å². The lowest BCUT2D eigenvalue weighted by Crippen LogP contribution is -2.48. The molecule has 1 amide bonds. The third kappa shape index (κ3) is 4.56. The zero-order valence-corrected chi connectivity index (χ0v) is 19.9. The number of nitrogens with zero attached hydrogens (tertiary/aromatic N) is 5. The summed E-state index contributed by atoms with van der Waals surface area (Å²) in [5.74, 6) is 1.97. The van der Waals surface area contributed by atoms with E-state index in [-0.39, 0.29) is 5.91 Å². The highest BCUT2D eigenvalue weighted by atomic mass is 16.2. The predicted octanol–water partition coefficient (Wildman–Crippen LogP) is 4.62. The molecule has 2 aliphatic rings. The van der Waals surface area contributed by atoms with Gasteiger partial charge in [0.05, 0.1) is 11.3 Å². The Hall–Kier alpha value is -3.02. The van der Waals surface area contributed by atoms with Gasteiger partial charge in [0.25, 0.3) is 5.91 Å². The Morgan fingerprint density at radius 3 is 2.45 bits per heavy atom. The van der Waals surface area contributed by atoms with Crippen LogP contribution in [0, 0.1) is 12.8 Å². The maximum absolute atomic E-state index is 13.4. The molecular formula is C27H35N5O. The fourth-order valence-corrected chi connectivity index (χ4v) is 5.57. The van der Waals surface area contributed by atoms with E-state index in [4.69, 9.17) is 4.98 Å². The number of hydrogen-bond acceptors (Lipinski definition) is 4. The van der Waals surface area contributed by atoms with Crippen LogP contribution in [-0.2, 0) is 0 Å². The molecule has 0 bridgehead atoms. The molecule has 2 fully saturated rings. The Labute approximate surface area is 196 Å². The molecule has 1 aromatic carbocycles. The summed E-state index contributed by atoms with van der Waals surface area (Å²) in [6, 6.07) is 14.4. The fourth-order valence-electron chi connectivity index (χ4n) is 5.57. The highest BCUT2D eigenvalue weighted by Gasteiger charge is 2.24. The van der Waals surface area contributed by atoms with Gasteiger partial charge in [0.2, 0.25) is 0 Å². The maximum atomic E-state index is 13.4. The highest BCUT2D eigenvalue weighted by molar-refractivity contribution is 5.94. The number of aryl methyl sites for hydroxylation is 1. The summed E-state index contributed by atoms with van der Waals surface area (Å²) in [6.45, 7) is 6.32. The molecule has 174 valence electrons. The minimum absolute atomic E-state index is 0.108. The highest BCUT2D eigenvalue weighted by Crippen LogP contribution is 2.28. The molecular weight excluding hydrogens is 410 g/mol. The van der Waals surface area contributed by atoms with Crippen LogP contribution in [0.5, 0.6) is 0 Å². The number of benzene rings is 1. The summed E-state index contributed by atoms with van der Waals surface area (Å²) in [5.41, 5.74) is 3.89. The van der Waals surface area contributed by atoms with Crippen molar-refractivity contribution in [1.82, 2.24) is 14.3 Å². The molecule has 3 aromatic rings. The van der Waals surface area contributed by atoms with Crippen molar-refractivity contribution in [3.63, 3.8) is 0 Å². The zero-order chi connectivity index (χ0) is 22.8. The monoisotopic (exact) mass is 445 g/mol. The first-order valence-electron chi connectivity index (χ1n) is 12.4. The van der Waals surface area contributed by atoms with Gasteiger partial charge in [0.1, 0.15) is 11.5 Å². The molecule has 6 heteroatoms. The van der Waals surface area contributed by atoms with Gasteiger partial charge >= 0.3 is 0 Å². The average molecular weight is 446 g/mol. The van der Waals surface area contributed by atoms with Crippen LogP contribution in [-0.4, -0.2) is 60.0 Å². The summed E-state index contributed by atoms with van der Waals surface area (Å²) >= 11 is 0. The van der Waals surface area contributed by atoms with Gasteiger partial charge in [-0.3, -0.25) is 9.20 Å². The Balaban J connectivity index is 1.31. The van der Waals surface area contributed by atoms with Crippen LogP contribution in [0.15, 0.2) is 48.7 Å². The summed E-state index contributed by atoms with van der Waals surface area (Å²) in [7, 11) is 2.17. The van der Waals surface area contributed by atoms with Gasteiger partial charge in [-0.25, -0.2) is 4.98 Å². The number of carbonyl (C=O) groups excluding carboxylic acids is 1. The van der Waals surface area contributed by atoms with E-state index < -0.39 is 0 Å². The van der Waals surface area contributed by atoms with Crippen LogP contribution >= 0.6 is 0 Å². The van der Waals surface area contributed by atoms with Crippen LogP contribution in [0.1, 0.15) is 48.2 Å². The van der Waals surface area contributed by atoms with E-state index >= 15 is 0 Å². The van der Waals surface area contributed by atoms with Crippen molar-refractivity contribution in [2.45, 2.75) is 39.0 Å². The number of piperazine rings is 1. The van der Waals surface area contributed by atoms with E-state index in [1.54, 1.807) is 0 Å². The first-order chi connectivity index (χ1) is 16.1. The lowest BCUT2D eigenvalue weighted by Gasteiger charge is -2.36. The average Bonchev–Trinajstić information content (AvgIpc) is 3.20. The van der Waals surface area contributed by atoms with Gasteiger partial charge < -0.3 is 14.7 Å².